The van der Waals surface area contributed by atoms with Crippen LogP contribution in [0.25, 0.3) is 0 Å². The third-order valence-electron chi connectivity index (χ3n) is 4.31. The van der Waals surface area contributed by atoms with Gasteiger partial charge in [0, 0.05) is 39.6 Å². The molecule has 1 saturated heterocycles. The highest BCUT2D eigenvalue weighted by molar-refractivity contribution is 7.89. The molecule has 0 amide bonds. The third-order valence-corrected chi connectivity index (χ3v) is 6.17. The number of aromatic nitrogens is 2. The third kappa shape index (κ3) is 3.11. The Morgan fingerprint density at radius 1 is 1.26 bits per heavy atom. The number of rotatable bonds is 4. The van der Waals surface area contributed by atoms with Crippen molar-refractivity contribution in [2.24, 2.45) is 0 Å². The standard InChI is InChI=1S/C16H22N4O2S/c1-18(2)23(21,22)16-8-4-3-7-15(16)19-10-5-6-14(12-19)20-11-9-17-13-20/h3-4,7-9,11,13-14H,5-6,10,12H2,1-2H3. The number of hydrogen-bond acceptors (Lipinski definition) is 4. The lowest BCUT2D eigenvalue weighted by molar-refractivity contribution is 0.403. The predicted octanol–water partition coefficient (Wildman–Crippen LogP) is 1.97. The van der Waals surface area contributed by atoms with Crippen LogP contribution in [0, 0.1) is 0 Å². The monoisotopic (exact) mass is 334 g/mol. The molecule has 1 atom stereocenters. The number of para-hydroxylation sites is 1. The Labute approximate surface area is 137 Å². The molecule has 1 aromatic heterocycles. The Kier molecular flexibility index (Phi) is 4.41. The van der Waals surface area contributed by atoms with E-state index in [4.69, 9.17) is 0 Å². The van der Waals surface area contributed by atoms with Gasteiger partial charge in [0.05, 0.1) is 18.1 Å². The quantitative estimate of drug-likeness (QED) is 0.858. The van der Waals surface area contributed by atoms with E-state index in [1.54, 1.807) is 32.4 Å². The maximum Gasteiger partial charge on any atom is 0.244 e. The average Bonchev–Trinajstić information content (AvgIpc) is 3.09. The number of hydrogen-bond donors (Lipinski definition) is 0. The fourth-order valence-corrected chi connectivity index (χ4v) is 4.14. The Morgan fingerprint density at radius 3 is 2.74 bits per heavy atom. The molecule has 1 unspecified atom stereocenters. The van der Waals surface area contributed by atoms with Crippen LogP contribution in [0.1, 0.15) is 18.9 Å². The molecule has 2 aromatic rings. The molecule has 0 N–H and O–H groups in total. The van der Waals surface area contributed by atoms with Gasteiger partial charge in [-0.2, -0.15) is 0 Å². The number of benzene rings is 1. The highest BCUT2D eigenvalue weighted by Crippen LogP contribution is 2.31. The van der Waals surface area contributed by atoms with Crippen LogP contribution in [-0.2, 0) is 10.0 Å². The van der Waals surface area contributed by atoms with Crippen molar-refractivity contribution in [3.63, 3.8) is 0 Å². The lowest BCUT2D eigenvalue weighted by atomic mass is 10.0. The van der Waals surface area contributed by atoms with Gasteiger partial charge >= 0.3 is 0 Å². The molecule has 1 aliphatic heterocycles. The molecule has 124 valence electrons. The van der Waals surface area contributed by atoms with E-state index in [0.717, 1.165) is 31.6 Å². The zero-order valence-corrected chi connectivity index (χ0v) is 14.3. The van der Waals surface area contributed by atoms with Gasteiger partial charge in [0.1, 0.15) is 4.90 Å². The highest BCUT2D eigenvalue weighted by atomic mass is 32.2. The van der Waals surface area contributed by atoms with Crippen LogP contribution in [0.3, 0.4) is 0 Å². The minimum Gasteiger partial charge on any atom is -0.368 e. The first-order valence-corrected chi connectivity index (χ1v) is 9.18. The Hall–Kier alpha value is -1.86. The van der Waals surface area contributed by atoms with Crippen LogP contribution < -0.4 is 4.90 Å². The van der Waals surface area contributed by atoms with Crippen molar-refractivity contribution < 1.29 is 8.42 Å². The van der Waals surface area contributed by atoms with Crippen LogP contribution in [0.4, 0.5) is 5.69 Å². The Bertz CT molecular complexity index is 756. The van der Waals surface area contributed by atoms with Crippen molar-refractivity contribution in [3.8, 4) is 0 Å². The number of sulfonamides is 1. The highest BCUT2D eigenvalue weighted by Gasteiger charge is 2.27. The molecule has 1 fully saturated rings. The molecule has 3 rings (SSSR count). The van der Waals surface area contributed by atoms with Crippen molar-refractivity contribution in [2.75, 3.05) is 32.1 Å². The van der Waals surface area contributed by atoms with E-state index in [0.29, 0.717) is 10.9 Å². The van der Waals surface area contributed by atoms with Gasteiger partial charge in [0.15, 0.2) is 0 Å². The predicted molar refractivity (Wildman–Crippen MR) is 90.0 cm³/mol. The van der Waals surface area contributed by atoms with Crippen molar-refractivity contribution in [2.45, 2.75) is 23.8 Å². The van der Waals surface area contributed by atoms with E-state index >= 15 is 0 Å². The molecule has 0 spiro atoms. The molecule has 1 aromatic carbocycles. The first-order chi connectivity index (χ1) is 11.0. The summed E-state index contributed by atoms with van der Waals surface area (Å²) in [5.74, 6) is 0. The van der Waals surface area contributed by atoms with Crippen LogP contribution in [-0.4, -0.2) is 49.5 Å². The summed E-state index contributed by atoms with van der Waals surface area (Å²) in [6, 6.07) is 7.57. The van der Waals surface area contributed by atoms with Gasteiger partial charge in [0.2, 0.25) is 10.0 Å². The zero-order valence-electron chi connectivity index (χ0n) is 13.5. The van der Waals surface area contributed by atoms with E-state index in [9.17, 15) is 8.42 Å². The van der Waals surface area contributed by atoms with Gasteiger partial charge in [-0.15, -0.1) is 0 Å². The molecule has 6 nitrogen and oxygen atoms in total. The molecule has 0 aliphatic carbocycles. The number of anilines is 1. The second kappa shape index (κ2) is 6.33. The molecular weight excluding hydrogens is 312 g/mol. The lowest BCUT2D eigenvalue weighted by Gasteiger charge is -2.36. The van der Waals surface area contributed by atoms with E-state index in [-0.39, 0.29) is 0 Å². The maximum absolute atomic E-state index is 12.6. The zero-order chi connectivity index (χ0) is 16.4. The summed E-state index contributed by atoms with van der Waals surface area (Å²) < 4.78 is 28.6. The van der Waals surface area contributed by atoms with Gasteiger partial charge in [-0.05, 0) is 25.0 Å². The smallest absolute Gasteiger partial charge is 0.244 e. The second-order valence-electron chi connectivity index (χ2n) is 6.01. The molecular formula is C16H22N4O2S. The molecule has 7 heteroatoms. The molecule has 0 saturated carbocycles. The Balaban J connectivity index is 1.93. The van der Waals surface area contributed by atoms with Crippen molar-refractivity contribution in [1.82, 2.24) is 13.9 Å². The van der Waals surface area contributed by atoms with Crippen LogP contribution in [0.5, 0.6) is 0 Å². The van der Waals surface area contributed by atoms with Crippen LogP contribution in [0.15, 0.2) is 47.9 Å². The summed E-state index contributed by atoms with van der Waals surface area (Å²) in [5, 5.41) is 0. The molecule has 1 aliphatic rings. The van der Waals surface area contributed by atoms with E-state index in [1.165, 1.54) is 4.31 Å². The summed E-state index contributed by atoms with van der Waals surface area (Å²) in [5.41, 5.74) is 0.783. The van der Waals surface area contributed by atoms with Crippen molar-refractivity contribution in [1.29, 1.82) is 0 Å². The maximum atomic E-state index is 12.6. The lowest BCUT2D eigenvalue weighted by Crippen LogP contribution is -2.37. The number of piperidine rings is 1. The number of nitrogens with zero attached hydrogens (tertiary/aromatic N) is 4. The second-order valence-corrected chi connectivity index (χ2v) is 8.13. The molecule has 23 heavy (non-hydrogen) atoms. The van der Waals surface area contributed by atoms with Gasteiger partial charge in [-0.25, -0.2) is 17.7 Å². The van der Waals surface area contributed by atoms with Gasteiger partial charge in [0.25, 0.3) is 0 Å². The summed E-state index contributed by atoms with van der Waals surface area (Å²) in [6.45, 7) is 1.65. The van der Waals surface area contributed by atoms with E-state index in [1.807, 2.05) is 24.7 Å². The van der Waals surface area contributed by atoms with E-state index < -0.39 is 10.0 Å². The fourth-order valence-electron chi connectivity index (χ4n) is 3.04. The van der Waals surface area contributed by atoms with Crippen LogP contribution in [0.2, 0.25) is 0 Å². The average molecular weight is 334 g/mol. The SMILES string of the molecule is CN(C)S(=O)(=O)c1ccccc1N1CCCC(n2ccnc2)C1. The largest absolute Gasteiger partial charge is 0.368 e. The summed E-state index contributed by atoms with van der Waals surface area (Å²) in [4.78, 5) is 6.66. The van der Waals surface area contributed by atoms with Gasteiger partial charge < -0.3 is 9.47 Å². The topological polar surface area (TPSA) is 58.4 Å². The summed E-state index contributed by atoms with van der Waals surface area (Å²) in [7, 11) is -0.323. The first-order valence-electron chi connectivity index (χ1n) is 7.74. The minimum absolute atomic E-state index is 0.321. The number of imidazole rings is 1. The van der Waals surface area contributed by atoms with E-state index in [2.05, 4.69) is 14.5 Å². The van der Waals surface area contributed by atoms with Crippen LogP contribution >= 0.6 is 0 Å². The van der Waals surface area contributed by atoms with Crippen molar-refractivity contribution in [3.05, 3.63) is 43.0 Å². The van der Waals surface area contributed by atoms with Gasteiger partial charge in [-0.1, -0.05) is 12.1 Å². The normalized spacial score (nSPS) is 19.3. The molecule has 2 heterocycles. The first kappa shape index (κ1) is 16.0. The summed E-state index contributed by atoms with van der Waals surface area (Å²) in [6.07, 6.45) is 7.69. The van der Waals surface area contributed by atoms with Gasteiger partial charge in [-0.3, -0.25) is 0 Å². The van der Waals surface area contributed by atoms with Crippen molar-refractivity contribution >= 4 is 15.7 Å². The summed E-state index contributed by atoms with van der Waals surface area (Å²) >= 11 is 0. The fraction of sp³-hybridized carbons (Fsp3) is 0.438. The minimum atomic E-state index is -3.46. The molecule has 0 bridgehead atoms. The Morgan fingerprint density at radius 2 is 2.04 bits per heavy atom. The molecule has 0 radical (unpaired) electrons.